The topological polar surface area (TPSA) is 93.4 Å². The molecule has 6 nitrogen and oxygen atoms in total. The highest BCUT2D eigenvalue weighted by atomic mass is 16.5. The van der Waals surface area contributed by atoms with Crippen LogP contribution in [0.1, 0.15) is 76.8 Å². The summed E-state index contributed by atoms with van der Waals surface area (Å²) in [5.74, 6) is -0.582. The molecule has 0 heterocycles. The fourth-order valence-corrected chi connectivity index (χ4v) is 3.47. The van der Waals surface area contributed by atoms with Gasteiger partial charge in [0.25, 0.3) is 5.91 Å². The Kier molecular flexibility index (Phi) is 11.4. The van der Waals surface area contributed by atoms with Crippen LogP contribution >= 0.6 is 0 Å². The minimum atomic E-state index is -0.431. The molecule has 0 aromatic heterocycles. The van der Waals surface area contributed by atoms with E-state index in [-0.39, 0.29) is 5.91 Å². The number of amides is 2. The Labute approximate surface area is 185 Å². The molecule has 0 aliphatic rings. The van der Waals surface area contributed by atoms with Crippen molar-refractivity contribution in [1.29, 1.82) is 0 Å². The maximum absolute atomic E-state index is 12.3. The van der Waals surface area contributed by atoms with Crippen molar-refractivity contribution >= 4 is 11.8 Å². The number of hydrogen-bond donors (Lipinski definition) is 3. The van der Waals surface area contributed by atoms with E-state index in [1.807, 2.05) is 24.3 Å². The van der Waals surface area contributed by atoms with Crippen LogP contribution < -0.4 is 16.6 Å². The normalized spacial score (nSPS) is 10.7. The Bertz CT molecular complexity index is 806. The molecule has 0 bridgehead atoms. The molecule has 0 spiro atoms. The Hall–Kier alpha value is -2.70. The van der Waals surface area contributed by atoms with Crippen molar-refractivity contribution in [3.63, 3.8) is 0 Å². The number of carbonyl (C=O) groups excluding carboxylic acids is 2. The molecule has 0 unspecified atom stereocenters. The molecule has 0 atom stereocenters. The fraction of sp³-hybridized carbons (Fsp3) is 0.440. The molecule has 4 N–H and O–H groups in total. The maximum Gasteiger partial charge on any atom is 0.265 e. The van der Waals surface area contributed by atoms with Gasteiger partial charge >= 0.3 is 0 Å². The summed E-state index contributed by atoms with van der Waals surface area (Å²) in [6.45, 7) is 1.62. The number of unbranched alkanes of at least 4 members (excludes halogenated alkanes) is 6. The Morgan fingerprint density at radius 3 is 2.19 bits per heavy atom. The first-order valence-electron chi connectivity index (χ1n) is 11.1. The smallest absolute Gasteiger partial charge is 0.265 e. The number of primary amides is 1. The summed E-state index contributed by atoms with van der Waals surface area (Å²) in [7, 11) is 1.75. The van der Waals surface area contributed by atoms with Crippen molar-refractivity contribution in [3.05, 3.63) is 70.8 Å². The lowest BCUT2D eigenvalue weighted by Gasteiger charge is -2.09. The van der Waals surface area contributed by atoms with Gasteiger partial charge in [0.05, 0.1) is 0 Å². The fourth-order valence-electron chi connectivity index (χ4n) is 3.47. The van der Waals surface area contributed by atoms with Crippen LogP contribution in [0.25, 0.3) is 0 Å². The molecule has 31 heavy (non-hydrogen) atoms. The highest BCUT2D eigenvalue weighted by Crippen LogP contribution is 2.15. The van der Waals surface area contributed by atoms with Crippen molar-refractivity contribution in [1.82, 2.24) is 10.9 Å². The molecule has 0 aliphatic carbocycles. The molecule has 0 fully saturated rings. The molecular formula is C25H35N3O3. The predicted octanol–water partition coefficient (Wildman–Crippen LogP) is 3.99. The van der Waals surface area contributed by atoms with Crippen molar-refractivity contribution < 1.29 is 14.3 Å². The lowest BCUT2D eigenvalue weighted by atomic mass is 9.98. The molecular weight excluding hydrogens is 390 g/mol. The van der Waals surface area contributed by atoms with Crippen LogP contribution in [-0.4, -0.2) is 32.1 Å². The average molecular weight is 426 g/mol. The lowest BCUT2D eigenvalue weighted by molar-refractivity contribution is 0.0932. The zero-order valence-corrected chi connectivity index (χ0v) is 18.5. The highest BCUT2D eigenvalue weighted by Gasteiger charge is 2.09. The van der Waals surface area contributed by atoms with E-state index in [2.05, 4.69) is 10.9 Å². The van der Waals surface area contributed by atoms with Gasteiger partial charge in [-0.05, 0) is 48.6 Å². The molecule has 168 valence electrons. The van der Waals surface area contributed by atoms with Crippen LogP contribution in [0.4, 0.5) is 0 Å². The predicted molar refractivity (Wildman–Crippen MR) is 124 cm³/mol. The van der Waals surface area contributed by atoms with E-state index in [1.54, 1.807) is 31.4 Å². The van der Waals surface area contributed by atoms with Gasteiger partial charge in [-0.3, -0.25) is 15.0 Å². The first-order chi connectivity index (χ1) is 15.1. The van der Waals surface area contributed by atoms with Gasteiger partial charge in [0.15, 0.2) is 0 Å². The molecule has 0 saturated carbocycles. The number of hydrogen-bond acceptors (Lipinski definition) is 4. The zero-order valence-electron chi connectivity index (χ0n) is 18.5. The van der Waals surface area contributed by atoms with Gasteiger partial charge in [-0.1, -0.05) is 62.4 Å². The van der Waals surface area contributed by atoms with Crippen molar-refractivity contribution in [2.24, 2.45) is 5.73 Å². The SMILES string of the molecule is COCCCCCCCCCNNC(=O)c1ccc(Cc2ccccc2C(N)=O)cc1. The molecule has 2 aromatic carbocycles. The van der Waals surface area contributed by atoms with Gasteiger partial charge in [0.2, 0.25) is 5.91 Å². The number of ether oxygens (including phenoxy) is 1. The number of rotatable bonds is 15. The standard InChI is InChI=1S/C25H35N3O3/c1-31-18-10-6-4-2-3-5-9-17-27-28-25(30)21-15-13-20(14-16-21)19-22-11-7-8-12-23(22)24(26)29/h7-8,11-16,27H,2-6,9-10,17-19H2,1H3,(H2,26,29)(H,28,30). The Balaban J connectivity index is 1.64. The summed E-state index contributed by atoms with van der Waals surface area (Å²) in [5, 5.41) is 0. The summed E-state index contributed by atoms with van der Waals surface area (Å²) in [4.78, 5) is 23.8. The van der Waals surface area contributed by atoms with Gasteiger partial charge in [0, 0.05) is 31.4 Å². The minimum absolute atomic E-state index is 0.151. The van der Waals surface area contributed by atoms with Crippen molar-refractivity contribution in [2.75, 3.05) is 20.3 Å². The highest BCUT2D eigenvalue weighted by molar-refractivity contribution is 5.94. The van der Waals surface area contributed by atoms with Crippen LogP contribution in [0.3, 0.4) is 0 Å². The van der Waals surface area contributed by atoms with Gasteiger partial charge in [-0.15, -0.1) is 0 Å². The second kappa shape index (κ2) is 14.3. The maximum atomic E-state index is 12.3. The number of methoxy groups -OCH3 is 1. The summed E-state index contributed by atoms with van der Waals surface area (Å²) < 4.78 is 5.05. The van der Waals surface area contributed by atoms with Crippen molar-refractivity contribution in [3.8, 4) is 0 Å². The summed E-state index contributed by atoms with van der Waals surface area (Å²) in [6, 6.07) is 14.7. The number of nitrogens with one attached hydrogen (secondary N) is 2. The van der Waals surface area contributed by atoms with Crippen LogP contribution in [0.5, 0.6) is 0 Å². The molecule has 2 amide bonds. The number of carbonyl (C=O) groups is 2. The Morgan fingerprint density at radius 1 is 0.871 bits per heavy atom. The third-order valence-electron chi connectivity index (χ3n) is 5.25. The largest absolute Gasteiger partial charge is 0.385 e. The number of nitrogens with two attached hydrogens (primary N) is 1. The third kappa shape index (κ3) is 9.32. The van der Waals surface area contributed by atoms with E-state index in [0.29, 0.717) is 17.5 Å². The molecule has 6 heteroatoms. The molecule has 0 aliphatic heterocycles. The quantitative estimate of drug-likeness (QED) is 0.297. The van der Waals surface area contributed by atoms with E-state index in [4.69, 9.17) is 10.5 Å². The molecule has 2 rings (SSSR count). The number of hydrazine groups is 1. The summed E-state index contributed by atoms with van der Waals surface area (Å²) in [6.07, 6.45) is 8.91. The number of benzene rings is 2. The van der Waals surface area contributed by atoms with Gasteiger partial charge in [0.1, 0.15) is 0 Å². The monoisotopic (exact) mass is 425 g/mol. The summed E-state index contributed by atoms with van der Waals surface area (Å²) in [5.41, 5.74) is 14.2. The second-order valence-corrected chi connectivity index (χ2v) is 7.74. The minimum Gasteiger partial charge on any atom is -0.385 e. The first kappa shape index (κ1) is 24.6. The molecule has 0 radical (unpaired) electrons. The molecule has 0 saturated heterocycles. The first-order valence-corrected chi connectivity index (χ1v) is 11.1. The van der Waals surface area contributed by atoms with Gasteiger partial charge in [-0.2, -0.15) is 0 Å². The lowest BCUT2D eigenvalue weighted by Crippen LogP contribution is -2.37. The van der Waals surface area contributed by atoms with Crippen LogP contribution in [0, 0.1) is 0 Å². The van der Waals surface area contributed by atoms with E-state index >= 15 is 0 Å². The van der Waals surface area contributed by atoms with Crippen LogP contribution in [0.2, 0.25) is 0 Å². The van der Waals surface area contributed by atoms with Crippen molar-refractivity contribution in [2.45, 2.75) is 51.4 Å². The van der Waals surface area contributed by atoms with E-state index in [0.717, 1.165) is 43.5 Å². The van der Waals surface area contributed by atoms with Crippen LogP contribution in [0.15, 0.2) is 48.5 Å². The van der Waals surface area contributed by atoms with E-state index < -0.39 is 5.91 Å². The zero-order chi connectivity index (χ0) is 22.3. The second-order valence-electron chi connectivity index (χ2n) is 7.74. The summed E-state index contributed by atoms with van der Waals surface area (Å²) >= 11 is 0. The Morgan fingerprint density at radius 2 is 1.52 bits per heavy atom. The van der Waals surface area contributed by atoms with E-state index in [1.165, 1.54) is 25.7 Å². The van der Waals surface area contributed by atoms with Gasteiger partial charge < -0.3 is 10.5 Å². The molecule has 2 aromatic rings. The van der Waals surface area contributed by atoms with E-state index in [9.17, 15) is 9.59 Å². The van der Waals surface area contributed by atoms with Crippen LogP contribution in [-0.2, 0) is 11.2 Å². The average Bonchev–Trinajstić information content (AvgIpc) is 2.78. The third-order valence-corrected chi connectivity index (χ3v) is 5.25. The van der Waals surface area contributed by atoms with Gasteiger partial charge in [-0.25, -0.2) is 5.43 Å².